The number of nitrogens with zero attached hydrogens (tertiary/aromatic N) is 2. The van der Waals surface area contributed by atoms with Crippen LogP contribution in [0.3, 0.4) is 0 Å². The van der Waals surface area contributed by atoms with Gasteiger partial charge in [-0.2, -0.15) is 0 Å². The molecule has 268 valence electrons. The number of rotatable bonds is 12. The van der Waals surface area contributed by atoms with Crippen LogP contribution in [0.2, 0.25) is 5.02 Å². The van der Waals surface area contributed by atoms with Gasteiger partial charge in [-0.15, -0.1) is 0 Å². The Labute approximate surface area is 294 Å². The van der Waals surface area contributed by atoms with Crippen LogP contribution in [0.5, 0.6) is 0 Å². The Morgan fingerprint density at radius 2 is 1.78 bits per heavy atom. The second-order valence-corrected chi connectivity index (χ2v) is 16.1. The molecule has 11 nitrogen and oxygen atoms in total. The van der Waals surface area contributed by atoms with Gasteiger partial charge in [0.2, 0.25) is 23.5 Å². The summed E-state index contributed by atoms with van der Waals surface area (Å²) in [5.41, 5.74) is 0.686. The van der Waals surface area contributed by atoms with E-state index < -0.39 is 52.6 Å². The number of ketones is 1. The molecule has 2 aliphatic heterocycles. The van der Waals surface area contributed by atoms with Crippen molar-refractivity contribution < 1.29 is 28.8 Å². The molecule has 1 aromatic rings. The summed E-state index contributed by atoms with van der Waals surface area (Å²) in [5, 5.41) is 13.6. The summed E-state index contributed by atoms with van der Waals surface area (Å²) in [6, 6.07) is 2.66. The number of amides is 4. The Bertz CT molecular complexity index is 1480. The normalized spacial score (nSPS) is 23.8. The highest BCUT2D eigenvalue weighted by Gasteiger charge is 2.55. The van der Waals surface area contributed by atoms with E-state index in [9.17, 15) is 24.0 Å². The fourth-order valence-corrected chi connectivity index (χ4v) is 7.39. The molecule has 1 saturated heterocycles. The standard InChI is InChI=1S/C37H52ClN5O6/c1-6-10-27(31(45)34(47)39-25-15-16-25)40-33(46)29-20-37(19-28(42-49-37)24-14-13-22(2)26(38)18-24)21-43(29)35(48)32(36(3,4)5)41-30(44)17-23-11-8-7-9-12-23/h13-14,18,23,25,27,29,32H,6-12,15-17,19-21H2,1-5H3,(H,39,47)(H,40,46)(H,41,44)/t27-,29-,32+,37?/m0/s1. The zero-order valence-corrected chi connectivity index (χ0v) is 30.3. The molecule has 5 rings (SSSR count). The second-order valence-electron chi connectivity index (χ2n) is 15.7. The van der Waals surface area contributed by atoms with Crippen LogP contribution < -0.4 is 16.0 Å². The van der Waals surface area contributed by atoms with E-state index in [1.807, 2.05) is 52.8 Å². The maximum Gasteiger partial charge on any atom is 0.289 e. The predicted octanol–water partition coefficient (Wildman–Crippen LogP) is 4.75. The fourth-order valence-electron chi connectivity index (χ4n) is 7.21. The van der Waals surface area contributed by atoms with Gasteiger partial charge < -0.3 is 25.7 Å². The van der Waals surface area contributed by atoms with Gasteiger partial charge in [0.05, 0.1) is 18.3 Å². The summed E-state index contributed by atoms with van der Waals surface area (Å²) in [4.78, 5) is 75.5. The fraction of sp³-hybridized carbons (Fsp3) is 0.676. The van der Waals surface area contributed by atoms with Gasteiger partial charge in [0.1, 0.15) is 12.1 Å². The minimum atomic E-state index is -1.04. The number of carbonyl (C=O) groups is 5. The Hall–Kier alpha value is -3.47. The highest BCUT2D eigenvalue weighted by molar-refractivity contribution is 6.38. The van der Waals surface area contributed by atoms with E-state index in [0.29, 0.717) is 35.9 Å². The molecule has 0 aromatic heterocycles. The highest BCUT2D eigenvalue weighted by atomic mass is 35.5. The zero-order chi connectivity index (χ0) is 35.5. The molecule has 0 bridgehead atoms. The lowest BCUT2D eigenvalue weighted by molar-refractivity contribution is -0.145. The minimum Gasteiger partial charge on any atom is -0.387 e. The first kappa shape index (κ1) is 36.8. The maximum atomic E-state index is 14.6. The van der Waals surface area contributed by atoms with E-state index in [4.69, 9.17) is 16.4 Å². The number of carbonyl (C=O) groups excluding carboxylic acids is 5. The van der Waals surface area contributed by atoms with Gasteiger partial charge in [-0.3, -0.25) is 24.0 Å². The van der Waals surface area contributed by atoms with Gasteiger partial charge in [0.15, 0.2) is 5.60 Å². The van der Waals surface area contributed by atoms with Crippen molar-refractivity contribution in [3.8, 4) is 0 Å². The van der Waals surface area contributed by atoms with E-state index in [2.05, 4.69) is 21.1 Å². The van der Waals surface area contributed by atoms with Gasteiger partial charge >= 0.3 is 0 Å². The van der Waals surface area contributed by atoms with Crippen molar-refractivity contribution in [2.24, 2.45) is 16.5 Å². The first-order valence-corrected chi connectivity index (χ1v) is 18.3. The summed E-state index contributed by atoms with van der Waals surface area (Å²) in [6.07, 6.45) is 8.69. The molecule has 2 heterocycles. The number of hydrogen-bond donors (Lipinski definition) is 3. The Balaban J connectivity index is 1.39. The molecule has 2 aliphatic carbocycles. The van der Waals surface area contributed by atoms with Gasteiger partial charge in [-0.1, -0.05) is 82.3 Å². The number of hydrogen-bond acceptors (Lipinski definition) is 7. The maximum absolute atomic E-state index is 14.6. The topological polar surface area (TPSA) is 146 Å². The number of benzene rings is 1. The molecule has 1 spiro atoms. The van der Waals surface area contributed by atoms with Gasteiger partial charge in [0, 0.05) is 35.9 Å². The van der Waals surface area contributed by atoms with Gasteiger partial charge in [0.25, 0.3) is 5.91 Å². The molecule has 3 fully saturated rings. The van der Waals surface area contributed by atoms with Crippen LogP contribution >= 0.6 is 11.6 Å². The lowest BCUT2D eigenvalue weighted by Crippen LogP contribution is -2.59. The zero-order valence-electron chi connectivity index (χ0n) is 29.5. The molecule has 4 aliphatic rings. The molecule has 12 heteroatoms. The highest BCUT2D eigenvalue weighted by Crippen LogP contribution is 2.40. The van der Waals surface area contributed by atoms with E-state index in [1.165, 1.54) is 11.3 Å². The van der Waals surface area contributed by atoms with E-state index >= 15 is 0 Å². The summed E-state index contributed by atoms with van der Waals surface area (Å²) in [5.74, 6) is -2.24. The van der Waals surface area contributed by atoms with Crippen LogP contribution in [0.4, 0.5) is 0 Å². The third-order valence-corrected chi connectivity index (χ3v) is 10.7. The molecule has 4 atom stereocenters. The smallest absolute Gasteiger partial charge is 0.289 e. The summed E-state index contributed by atoms with van der Waals surface area (Å²) < 4.78 is 0. The summed E-state index contributed by atoms with van der Waals surface area (Å²) >= 11 is 6.41. The number of Topliss-reactive ketones (excluding diaryl/α,β-unsaturated/α-hetero) is 1. The number of aryl methyl sites for hydroxylation is 1. The summed E-state index contributed by atoms with van der Waals surface area (Å²) in [7, 11) is 0. The average molecular weight is 698 g/mol. The van der Waals surface area contributed by atoms with Crippen molar-refractivity contribution >= 4 is 46.7 Å². The quantitative estimate of drug-likeness (QED) is 0.269. The number of oxime groups is 1. The van der Waals surface area contributed by atoms with Crippen LogP contribution in [0.15, 0.2) is 23.4 Å². The third-order valence-electron chi connectivity index (χ3n) is 10.3. The molecule has 3 N–H and O–H groups in total. The van der Waals surface area contributed by atoms with Crippen LogP contribution in [-0.2, 0) is 28.8 Å². The summed E-state index contributed by atoms with van der Waals surface area (Å²) in [6.45, 7) is 9.50. The van der Waals surface area contributed by atoms with Crippen molar-refractivity contribution in [2.45, 2.75) is 141 Å². The predicted molar refractivity (Wildman–Crippen MR) is 187 cm³/mol. The minimum absolute atomic E-state index is 0.00277. The molecule has 2 saturated carbocycles. The lowest BCUT2D eigenvalue weighted by Gasteiger charge is -2.36. The van der Waals surface area contributed by atoms with Crippen molar-refractivity contribution in [1.82, 2.24) is 20.9 Å². The monoisotopic (exact) mass is 697 g/mol. The number of likely N-dealkylation sites (tertiary alicyclic amines) is 1. The number of halogens is 1. The van der Waals surface area contributed by atoms with E-state index in [-0.39, 0.29) is 31.3 Å². The van der Waals surface area contributed by atoms with Gasteiger partial charge in [-0.05, 0) is 62.0 Å². The Kier molecular flexibility index (Phi) is 11.4. The molecular formula is C37H52ClN5O6. The average Bonchev–Trinajstić information content (AvgIpc) is 3.65. The lowest BCUT2D eigenvalue weighted by atomic mass is 9.84. The second kappa shape index (κ2) is 15.2. The SMILES string of the molecule is CCC[C@H](NC(=O)[C@@H]1CC2(CC(c3ccc(C)c(Cl)c3)=NO2)CN1C(=O)[C@@H](NC(=O)CC1CCCCC1)C(C)(C)C)C(=O)C(=O)NC1CC1. The van der Waals surface area contributed by atoms with Crippen LogP contribution in [-0.4, -0.2) is 76.3 Å². The van der Waals surface area contributed by atoms with Crippen LogP contribution in [0, 0.1) is 18.3 Å². The molecular weight excluding hydrogens is 646 g/mol. The van der Waals surface area contributed by atoms with Crippen LogP contribution in [0.25, 0.3) is 0 Å². The Morgan fingerprint density at radius 3 is 2.41 bits per heavy atom. The molecule has 4 amide bonds. The van der Waals surface area contributed by atoms with Crippen molar-refractivity contribution in [1.29, 1.82) is 0 Å². The largest absolute Gasteiger partial charge is 0.387 e. The molecule has 1 unspecified atom stereocenters. The van der Waals surface area contributed by atoms with Gasteiger partial charge in [-0.25, -0.2) is 0 Å². The first-order chi connectivity index (χ1) is 23.2. The molecule has 0 radical (unpaired) electrons. The first-order valence-electron chi connectivity index (χ1n) is 18.0. The van der Waals surface area contributed by atoms with E-state index in [0.717, 1.165) is 49.7 Å². The van der Waals surface area contributed by atoms with Crippen LogP contribution in [0.1, 0.15) is 116 Å². The Morgan fingerprint density at radius 1 is 1.06 bits per heavy atom. The van der Waals surface area contributed by atoms with Crippen molar-refractivity contribution in [3.05, 3.63) is 34.3 Å². The molecule has 1 aromatic carbocycles. The number of nitrogens with one attached hydrogen (secondary N) is 3. The van der Waals surface area contributed by atoms with E-state index in [1.54, 1.807) is 0 Å². The molecule has 49 heavy (non-hydrogen) atoms. The van der Waals surface area contributed by atoms with Crippen molar-refractivity contribution in [3.63, 3.8) is 0 Å². The third kappa shape index (κ3) is 9.01. The van der Waals surface area contributed by atoms with Crippen molar-refractivity contribution in [2.75, 3.05) is 6.54 Å².